The van der Waals surface area contributed by atoms with Crippen LogP contribution in [0.25, 0.3) is 0 Å². The first-order valence-corrected chi connectivity index (χ1v) is 8.53. The monoisotopic (exact) mass is 355 g/mol. The molecule has 0 spiro atoms. The summed E-state index contributed by atoms with van der Waals surface area (Å²) < 4.78 is 5.29. The highest BCUT2D eigenvalue weighted by atomic mass is 16.5. The Kier molecular flexibility index (Phi) is 7.02. The molecule has 0 unspecified atom stereocenters. The zero-order chi connectivity index (χ0) is 18.9. The van der Waals surface area contributed by atoms with Gasteiger partial charge in [0.15, 0.2) is 0 Å². The number of ether oxygens (including phenoxy) is 1. The highest BCUT2D eigenvalue weighted by Crippen LogP contribution is 2.17. The van der Waals surface area contributed by atoms with E-state index in [2.05, 4.69) is 16.0 Å². The average Bonchev–Trinajstić information content (AvgIpc) is 2.65. The SMILES string of the molecule is COc1ccccc1CNC(=O)[C@H](NC(=O)Nc1ccccc1)C(C)C. The molecule has 3 amide bonds. The van der Waals surface area contributed by atoms with Crippen molar-refractivity contribution < 1.29 is 14.3 Å². The molecule has 6 heteroatoms. The van der Waals surface area contributed by atoms with Crippen LogP contribution in [0.5, 0.6) is 5.75 Å². The highest BCUT2D eigenvalue weighted by Gasteiger charge is 2.24. The van der Waals surface area contributed by atoms with E-state index in [1.54, 1.807) is 19.2 Å². The molecule has 0 saturated heterocycles. The molecule has 0 bridgehead atoms. The molecule has 6 nitrogen and oxygen atoms in total. The molecule has 26 heavy (non-hydrogen) atoms. The van der Waals surface area contributed by atoms with E-state index in [0.717, 1.165) is 5.56 Å². The molecule has 3 N–H and O–H groups in total. The van der Waals surface area contributed by atoms with Gasteiger partial charge in [-0.1, -0.05) is 50.2 Å². The Morgan fingerprint density at radius 1 is 1.00 bits per heavy atom. The number of hydrogen-bond donors (Lipinski definition) is 3. The van der Waals surface area contributed by atoms with Crippen LogP contribution in [0.15, 0.2) is 54.6 Å². The second kappa shape index (κ2) is 9.46. The Morgan fingerprint density at radius 2 is 1.65 bits per heavy atom. The van der Waals surface area contributed by atoms with Crippen molar-refractivity contribution in [3.8, 4) is 5.75 Å². The average molecular weight is 355 g/mol. The van der Waals surface area contributed by atoms with Gasteiger partial charge in [0, 0.05) is 17.8 Å². The van der Waals surface area contributed by atoms with Gasteiger partial charge in [-0.2, -0.15) is 0 Å². The van der Waals surface area contributed by atoms with E-state index in [4.69, 9.17) is 4.74 Å². The van der Waals surface area contributed by atoms with E-state index < -0.39 is 12.1 Å². The van der Waals surface area contributed by atoms with Gasteiger partial charge in [0.1, 0.15) is 11.8 Å². The molecule has 138 valence electrons. The van der Waals surface area contributed by atoms with Crippen LogP contribution in [0, 0.1) is 5.92 Å². The molecule has 0 aliphatic rings. The predicted octanol–water partition coefficient (Wildman–Crippen LogP) is 3.16. The molecule has 0 saturated carbocycles. The van der Waals surface area contributed by atoms with Crippen LogP contribution in [0.4, 0.5) is 10.5 Å². The summed E-state index contributed by atoms with van der Waals surface area (Å²) in [5, 5.41) is 8.32. The Labute approximate surface area is 153 Å². The molecule has 0 fully saturated rings. The fourth-order valence-corrected chi connectivity index (χ4v) is 2.51. The highest BCUT2D eigenvalue weighted by molar-refractivity contribution is 5.93. The quantitative estimate of drug-likeness (QED) is 0.714. The fourth-order valence-electron chi connectivity index (χ4n) is 2.51. The summed E-state index contributed by atoms with van der Waals surface area (Å²) in [6, 6.07) is 15.5. The van der Waals surface area contributed by atoms with Crippen molar-refractivity contribution >= 4 is 17.6 Å². The van der Waals surface area contributed by atoms with Gasteiger partial charge in [-0.3, -0.25) is 4.79 Å². The number of benzene rings is 2. The van der Waals surface area contributed by atoms with E-state index in [1.165, 1.54) is 0 Å². The largest absolute Gasteiger partial charge is 0.496 e. The van der Waals surface area contributed by atoms with Crippen LogP contribution in [-0.2, 0) is 11.3 Å². The van der Waals surface area contributed by atoms with Crippen molar-refractivity contribution in [3.05, 3.63) is 60.2 Å². The molecule has 0 aromatic heterocycles. The van der Waals surface area contributed by atoms with Crippen molar-refractivity contribution in [1.82, 2.24) is 10.6 Å². The van der Waals surface area contributed by atoms with Crippen LogP contribution in [0.3, 0.4) is 0 Å². The van der Waals surface area contributed by atoms with Crippen LogP contribution in [-0.4, -0.2) is 25.1 Å². The molecule has 0 aliphatic heterocycles. The molecule has 0 heterocycles. The zero-order valence-electron chi connectivity index (χ0n) is 15.3. The van der Waals surface area contributed by atoms with E-state index in [0.29, 0.717) is 18.0 Å². The molecule has 2 rings (SSSR count). The lowest BCUT2D eigenvalue weighted by Gasteiger charge is -2.22. The number of urea groups is 1. The third-order valence-electron chi connectivity index (χ3n) is 3.91. The molecule has 1 atom stereocenters. The number of nitrogens with one attached hydrogen (secondary N) is 3. The summed E-state index contributed by atoms with van der Waals surface area (Å²) in [6.07, 6.45) is 0. The summed E-state index contributed by atoms with van der Waals surface area (Å²) in [7, 11) is 1.59. The summed E-state index contributed by atoms with van der Waals surface area (Å²) in [6.45, 7) is 4.10. The summed E-state index contributed by atoms with van der Waals surface area (Å²) in [5.74, 6) is 0.409. The minimum absolute atomic E-state index is 0.0609. The summed E-state index contributed by atoms with van der Waals surface area (Å²) >= 11 is 0. The first kappa shape index (κ1) is 19.3. The Bertz CT molecular complexity index is 732. The summed E-state index contributed by atoms with van der Waals surface area (Å²) in [4.78, 5) is 24.7. The van der Waals surface area contributed by atoms with Gasteiger partial charge in [-0.25, -0.2) is 4.79 Å². The smallest absolute Gasteiger partial charge is 0.319 e. The van der Waals surface area contributed by atoms with Gasteiger partial charge in [-0.05, 0) is 24.1 Å². The Balaban J connectivity index is 1.95. The van der Waals surface area contributed by atoms with Gasteiger partial charge in [-0.15, -0.1) is 0 Å². The fraction of sp³-hybridized carbons (Fsp3) is 0.300. The molecule has 2 aromatic rings. The normalized spacial score (nSPS) is 11.5. The van der Waals surface area contributed by atoms with Gasteiger partial charge in [0.25, 0.3) is 0 Å². The third-order valence-corrected chi connectivity index (χ3v) is 3.91. The number of rotatable bonds is 7. The number of methoxy groups -OCH3 is 1. The maximum absolute atomic E-state index is 12.6. The number of para-hydroxylation sites is 2. The van der Waals surface area contributed by atoms with Gasteiger partial charge < -0.3 is 20.7 Å². The maximum Gasteiger partial charge on any atom is 0.319 e. The van der Waals surface area contributed by atoms with Crippen molar-refractivity contribution in [2.75, 3.05) is 12.4 Å². The second-order valence-corrected chi connectivity index (χ2v) is 6.22. The van der Waals surface area contributed by atoms with Crippen molar-refractivity contribution in [3.63, 3.8) is 0 Å². The molecule has 2 aromatic carbocycles. The van der Waals surface area contributed by atoms with Crippen LogP contribution in [0.2, 0.25) is 0 Å². The van der Waals surface area contributed by atoms with E-state index >= 15 is 0 Å². The lowest BCUT2D eigenvalue weighted by Crippen LogP contribution is -2.50. The minimum Gasteiger partial charge on any atom is -0.496 e. The van der Waals surface area contributed by atoms with Gasteiger partial charge in [0.2, 0.25) is 5.91 Å². The van der Waals surface area contributed by atoms with Gasteiger partial charge >= 0.3 is 6.03 Å². The predicted molar refractivity (Wildman–Crippen MR) is 102 cm³/mol. The van der Waals surface area contributed by atoms with Gasteiger partial charge in [0.05, 0.1) is 7.11 Å². The third kappa shape index (κ3) is 5.51. The lowest BCUT2D eigenvalue weighted by molar-refractivity contribution is -0.124. The standard InChI is InChI=1S/C20H25N3O3/c1-14(2)18(23-20(25)22-16-10-5-4-6-11-16)19(24)21-13-15-9-7-8-12-17(15)26-3/h4-12,14,18H,13H2,1-3H3,(H,21,24)(H2,22,23,25)/t18-/m1/s1. The number of anilines is 1. The summed E-state index contributed by atoms with van der Waals surface area (Å²) in [5.41, 5.74) is 1.54. The first-order chi connectivity index (χ1) is 12.5. The Morgan fingerprint density at radius 3 is 2.31 bits per heavy atom. The maximum atomic E-state index is 12.6. The zero-order valence-corrected chi connectivity index (χ0v) is 15.3. The van der Waals surface area contributed by atoms with Crippen LogP contribution >= 0.6 is 0 Å². The molecular formula is C20H25N3O3. The molecular weight excluding hydrogens is 330 g/mol. The number of carbonyl (C=O) groups excluding carboxylic acids is 2. The molecule has 0 aliphatic carbocycles. The molecule has 0 radical (unpaired) electrons. The first-order valence-electron chi connectivity index (χ1n) is 8.53. The van der Waals surface area contributed by atoms with E-state index in [1.807, 2.05) is 56.3 Å². The minimum atomic E-state index is -0.645. The van der Waals surface area contributed by atoms with E-state index in [9.17, 15) is 9.59 Å². The van der Waals surface area contributed by atoms with Crippen LogP contribution < -0.4 is 20.7 Å². The van der Waals surface area contributed by atoms with Crippen molar-refractivity contribution in [1.29, 1.82) is 0 Å². The van der Waals surface area contributed by atoms with Crippen LogP contribution in [0.1, 0.15) is 19.4 Å². The lowest BCUT2D eigenvalue weighted by atomic mass is 10.0. The second-order valence-electron chi connectivity index (χ2n) is 6.22. The number of hydrogen-bond acceptors (Lipinski definition) is 3. The van der Waals surface area contributed by atoms with E-state index in [-0.39, 0.29) is 11.8 Å². The number of carbonyl (C=O) groups is 2. The topological polar surface area (TPSA) is 79.5 Å². The van der Waals surface area contributed by atoms with Crippen molar-refractivity contribution in [2.24, 2.45) is 5.92 Å². The number of amides is 3. The Hall–Kier alpha value is -3.02. The van der Waals surface area contributed by atoms with Crippen molar-refractivity contribution in [2.45, 2.75) is 26.4 Å².